The van der Waals surface area contributed by atoms with Gasteiger partial charge in [0.05, 0.1) is 10.9 Å². The lowest BCUT2D eigenvalue weighted by Crippen LogP contribution is -2.38. The van der Waals surface area contributed by atoms with Gasteiger partial charge in [0.25, 0.3) is 5.91 Å². The van der Waals surface area contributed by atoms with Gasteiger partial charge in [-0.25, -0.2) is 0 Å². The van der Waals surface area contributed by atoms with Crippen LogP contribution in [0.15, 0.2) is 34.9 Å². The molecule has 1 aromatic heterocycles. The van der Waals surface area contributed by atoms with Crippen LogP contribution in [0.1, 0.15) is 30.8 Å². The molecule has 1 aromatic carbocycles. The number of halogens is 1. The van der Waals surface area contributed by atoms with Crippen molar-refractivity contribution in [3.05, 3.63) is 41.0 Å². The molecule has 0 saturated heterocycles. The van der Waals surface area contributed by atoms with E-state index in [2.05, 4.69) is 5.16 Å². The predicted molar refractivity (Wildman–Crippen MR) is 101 cm³/mol. The summed E-state index contributed by atoms with van der Waals surface area (Å²) in [5.41, 5.74) is 0.742. The van der Waals surface area contributed by atoms with Crippen molar-refractivity contribution in [1.82, 2.24) is 10.1 Å². The van der Waals surface area contributed by atoms with E-state index in [0.29, 0.717) is 42.5 Å². The number of hydrogen-bond acceptors (Lipinski definition) is 5. The van der Waals surface area contributed by atoms with Crippen LogP contribution in [-0.2, 0) is 9.53 Å². The lowest BCUT2D eigenvalue weighted by Gasteiger charge is -2.23. The van der Waals surface area contributed by atoms with E-state index >= 15 is 0 Å². The Labute approximate surface area is 162 Å². The summed E-state index contributed by atoms with van der Waals surface area (Å²) >= 11 is 6.15. The molecule has 0 fully saturated rings. The lowest BCUT2D eigenvalue weighted by molar-refractivity contribution is -0.141. The molecule has 27 heavy (non-hydrogen) atoms. The smallest absolute Gasteiger partial charge is 0.308 e. The largest absolute Gasteiger partial charge is 0.481 e. The molecular formula is C19H23ClN2O5. The predicted octanol–water partition coefficient (Wildman–Crippen LogP) is 3.58. The second kappa shape index (κ2) is 10.1. The fraction of sp³-hybridized carbons (Fsp3) is 0.421. The van der Waals surface area contributed by atoms with Crippen molar-refractivity contribution in [2.45, 2.75) is 20.3 Å². The molecule has 2 rings (SSSR count). The zero-order valence-corrected chi connectivity index (χ0v) is 16.1. The van der Waals surface area contributed by atoms with E-state index in [-0.39, 0.29) is 18.1 Å². The van der Waals surface area contributed by atoms with Gasteiger partial charge < -0.3 is 19.3 Å². The molecule has 0 aliphatic heterocycles. The summed E-state index contributed by atoms with van der Waals surface area (Å²) in [5, 5.41) is 13.5. The van der Waals surface area contributed by atoms with E-state index < -0.39 is 11.9 Å². The molecule has 1 heterocycles. The molecule has 1 N–H and O–H groups in total. The Hall–Kier alpha value is -2.38. The molecule has 8 heteroatoms. The number of rotatable bonds is 10. The van der Waals surface area contributed by atoms with Crippen LogP contribution in [0.4, 0.5) is 0 Å². The van der Waals surface area contributed by atoms with Gasteiger partial charge in [0, 0.05) is 37.9 Å². The molecule has 1 atom stereocenters. The van der Waals surface area contributed by atoms with Crippen molar-refractivity contribution in [3.63, 3.8) is 0 Å². The van der Waals surface area contributed by atoms with E-state index in [4.69, 9.17) is 26.0 Å². The fourth-order valence-corrected chi connectivity index (χ4v) is 2.74. The summed E-state index contributed by atoms with van der Waals surface area (Å²) < 4.78 is 10.6. The molecule has 0 bridgehead atoms. The molecule has 1 amide bonds. The summed E-state index contributed by atoms with van der Waals surface area (Å²) in [4.78, 5) is 25.5. The topological polar surface area (TPSA) is 92.9 Å². The van der Waals surface area contributed by atoms with Gasteiger partial charge in [-0.05, 0) is 25.5 Å². The Balaban J connectivity index is 2.16. The molecule has 0 saturated carbocycles. The zero-order valence-electron chi connectivity index (χ0n) is 15.4. The first-order valence-electron chi connectivity index (χ1n) is 8.75. The van der Waals surface area contributed by atoms with Crippen LogP contribution in [0.5, 0.6) is 0 Å². The standard InChI is InChI=1S/C19H23ClN2O5/c1-3-26-10-6-9-22(12-13(2)19(24)25)18(23)16-11-17(27-21-16)14-7-4-5-8-15(14)20/h4-5,7-8,11,13H,3,6,9-10,12H2,1-2H3,(H,24,25). The van der Waals surface area contributed by atoms with Crippen LogP contribution in [0.2, 0.25) is 5.02 Å². The quantitative estimate of drug-likeness (QED) is 0.619. The number of aliphatic carboxylic acids is 1. The number of carbonyl (C=O) groups is 2. The third-order valence-corrected chi connectivity index (χ3v) is 4.32. The summed E-state index contributed by atoms with van der Waals surface area (Å²) in [6, 6.07) is 8.60. The maximum Gasteiger partial charge on any atom is 0.308 e. The molecule has 2 aromatic rings. The second-order valence-electron chi connectivity index (χ2n) is 6.10. The number of carboxylic acid groups (broad SMARTS) is 1. The molecular weight excluding hydrogens is 372 g/mol. The third kappa shape index (κ3) is 5.80. The summed E-state index contributed by atoms with van der Waals surface area (Å²) in [6.07, 6.45) is 0.598. The SMILES string of the molecule is CCOCCCN(CC(C)C(=O)O)C(=O)c1cc(-c2ccccc2Cl)on1. The summed E-state index contributed by atoms with van der Waals surface area (Å²) in [5.74, 6) is -1.67. The minimum absolute atomic E-state index is 0.0780. The molecule has 1 unspecified atom stereocenters. The maximum absolute atomic E-state index is 12.8. The summed E-state index contributed by atoms with van der Waals surface area (Å²) in [6.45, 7) is 4.97. The number of ether oxygens (including phenoxy) is 1. The highest BCUT2D eigenvalue weighted by Gasteiger charge is 2.24. The first-order valence-corrected chi connectivity index (χ1v) is 9.13. The van der Waals surface area contributed by atoms with Crippen molar-refractivity contribution in [2.24, 2.45) is 5.92 Å². The van der Waals surface area contributed by atoms with Crippen LogP contribution in [0.25, 0.3) is 11.3 Å². The Morgan fingerprint density at radius 3 is 2.78 bits per heavy atom. The number of nitrogens with zero attached hydrogens (tertiary/aromatic N) is 2. The van der Waals surface area contributed by atoms with Gasteiger partial charge >= 0.3 is 5.97 Å². The molecule has 0 spiro atoms. The summed E-state index contributed by atoms with van der Waals surface area (Å²) in [7, 11) is 0. The van der Waals surface area contributed by atoms with Gasteiger partial charge in [0.2, 0.25) is 0 Å². The van der Waals surface area contributed by atoms with Crippen molar-refractivity contribution in [3.8, 4) is 11.3 Å². The molecule has 7 nitrogen and oxygen atoms in total. The highest BCUT2D eigenvalue weighted by molar-refractivity contribution is 6.33. The highest BCUT2D eigenvalue weighted by Crippen LogP contribution is 2.28. The van der Waals surface area contributed by atoms with Gasteiger partial charge in [-0.1, -0.05) is 35.8 Å². The van der Waals surface area contributed by atoms with Crippen molar-refractivity contribution < 1.29 is 24.0 Å². The number of benzene rings is 1. The van der Waals surface area contributed by atoms with Gasteiger partial charge in [-0.15, -0.1) is 0 Å². The van der Waals surface area contributed by atoms with E-state index in [1.807, 2.05) is 6.92 Å². The monoisotopic (exact) mass is 394 g/mol. The van der Waals surface area contributed by atoms with Gasteiger partial charge in [-0.2, -0.15) is 0 Å². The molecule has 0 aliphatic carbocycles. The number of carboxylic acids is 1. The molecule has 0 radical (unpaired) electrons. The van der Waals surface area contributed by atoms with E-state index in [9.17, 15) is 9.59 Å². The second-order valence-corrected chi connectivity index (χ2v) is 6.50. The van der Waals surface area contributed by atoms with Crippen molar-refractivity contribution in [2.75, 3.05) is 26.3 Å². The number of carbonyl (C=O) groups excluding carboxylic acids is 1. The average Bonchev–Trinajstić information content (AvgIpc) is 3.13. The van der Waals surface area contributed by atoms with E-state index in [1.165, 1.54) is 11.0 Å². The van der Waals surface area contributed by atoms with Gasteiger partial charge in [0.1, 0.15) is 0 Å². The van der Waals surface area contributed by atoms with Crippen LogP contribution in [0.3, 0.4) is 0 Å². The number of hydrogen-bond donors (Lipinski definition) is 1. The number of aromatic nitrogens is 1. The first-order chi connectivity index (χ1) is 12.9. The van der Waals surface area contributed by atoms with Crippen LogP contribution >= 0.6 is 11.6 Å². The fourth-order valence-electron chi connectivity index (χ4n) is 2.51. The third-order valence-electron chi connectivity index (χ3n) is 3.99. The molecule has 146 valence electrons. The maximum atomic E-state index is 12.8. The van der Waals surface area contributed by atoms with Gasteiger partial charge in [-0.3, -0.25) is 9.59 Å². The Morgan fingerprint density at radius 2 is 2.11 bits per heavy atom. The molecule has 0 aliphatic rings. The Bertz CT molecular complexity index is 777. The Morgan fingerprint density at radius 1 is 1.37 bits per heavy atom. The van der Waals surface area contributed by atoms with Crippen molar-refractivity contribution >= 4 is 23.5 Å². The highest BCUT2D eigenvalue weighted by atomic mass is 35.5. The van der Waals surface area contributed by atoms with E-state index in [1.54, 1.807) is 31.2 Å². The minimum Gasteiger partial charge on any atom is -0.481 e. The van der Waals surface area contributed by atoms with Crippen LogP contribution in [0, 0.1) is 5.92 Å². The zero-order chi connectivity index (χ0) is 19.8. The normalized spacial score (nSPS) is 12.0. The Kier molecular flexibility index (Phi) is 7.82. The van der Waals surface area contributed by atoms with Gasteiger partial charge in [0.15, 0.2) is 11.5 Å². The van der Waals surface area contributed by atoms with Crippen LogP contribution in [-0.4, -0.2) is 53.3 Å². The van der Waals surface area contributed by atoms with Crippen molar-refractivity contribution in [1.29, 1.82) is 0 Å². The minimum atomic E-state index is -0.963. The number of amides is 1. The first kappa shape index (κ1) is 20.9. The van der Waals surface area contributed by atoms with E-state index in [0.717, 1.165) is 0 Å². The van der Waals surface area contributed by atoms with Crippen LogP contribution < -0.4 is 0 Å². The average molecular weight is 395 g/mol. The lowest BCUT2D eigenvalue weighted by atomic mass is 10.1.